The van der Waals surface area contributed by atoms with Gasteiger partial charge in [0.05, 0.1) is 34.1 Å². The van der Waals surface area contributed by atoms with Crippen LogP contribution in [0.2, 0.25) is 0 Å². The number of carbonyl (C=O) groups excluding carboxylic acids is 1. The van der Waals surface area contributed by atoms with Crippen LogP contribution in [0.1, 0.15) is 12.0 Å². The average Bonchev–Trinajstić information content (AvgIpc) is 2.24. The summed E-state index contributed by atoms with van der Waals surface area (Å²) in [6.45, 7) is 0.873. The van der Waals surface area contributed by atoms with Gasteiger partial charge in [-0.1, -0.05) is 36.4 Å². The van der Waals surface area contributed by atoms with Gasteiger partial charge in [-0.3, -0.25) is 4.79 Å². The number of carbonyl (C=O) groups is 1. The molecule has 2 heteroatoms. The number of hydrogen-bond acceptors (Lipinski definition) is 1. The maximum absolute atomic E-state index is 11.6. The van der Waals surface area contributed by atoms with Crippen molar-refractivity contribution in [3.63, 3.8) is 0 Å². The minimum Gasteiger partial charge on any atom is -0.331 e. The lowest BCUT2D eigenvalue weighted by Gasteiger charge is -2.22. The van der Waals surface area contributed by atoms with Crippen molar-refractivity contribution in [3.05, 3.63) is 42.0 Å². The van der Waals surface area contributed by atoms with E-state index in [-0.39, 0.29) is 5.78 Å². The third-order valence-electron chi connectivity index (χ3n) is 2.29. The van der Waals surface area contributed by atoms with E-state index in [9.17, 15) is 4.79 Å². The molecule has 0 bridgehead atoms. The zero-order valence-corrected chi connectivity index (χ0v) is 10.3. The SMILES string of the molecule is C[N+](C)(C)CCC(=O)/C=C/c1ccccc1. The highest BCUT2D eigenvalue weighted by molar-refractivity contribution is 5.93. The summed E-state index contributed by atoms with van der Waals surface area (Å²) in [5.41, 5.74) is 1.07. The molecule has 0 aromatic heterocycles. The van der Waals surface area contributed by atoms with Gasteiger partial charge in [0.25, 0.3) is 0 Å². The van der Waals surface area contributed by atoms with Gasteiger partial charge in [0.2, 0.25) is 0 Å². The molecule has 0 saturated carbocycles. The zero-order chi connectivity index (χ0) is 12.0. The van der Waals surface area contributed by atoms with Crippen LogP contribution in [-0.2, 0) is 4.79 Å². The molecule has 0 heterocycles. The van der Waals surface area contributed by atoms with Crippen LogP contribution < -0.4 is 0 Å². The minimum atomic E-state index is 0.192. The fourth-order valence-electron chi connectivity index (χ4n) is 1.28. The molecule has 86 valence electrons. The van der Waals surface area contributed by atoms with Crippen molar-refractivity contribution in [2.75, 3.05) is 27.7 Å². The number of hydrogen-bond donors (Lipinski definition) is 0. The summed E-state index contributed by atoms with van der Waals surface area (Å²) in [7, 11) is 6.27. The molecule has 0 aliphatic carbocycles. The van der Waals surface area contributed by atoms with Gasteiger partial charge in [-0.05, 0) is 11.6 Å². The number of allylic oxidation sites excluding steroid dienone is 1. The van der Waals surface area contributed by atoms with E-state index in [0.717, 1.165) is 16.6 Å². The van der Waals surface area contributed by atoms with Crippen molar-refractivity contribution < 1.29 is 9.28 Å². The summed E-state index contributed by atoms with van der Waals surface area (Å²) in [5, 5.41) is 0. The van der Waals surface area contributed by atoms with E-state index in [2.05, 4.69) is 21.1 Å². The van der Waals surface area contributed by atoms with Crippen LogP contribution in [0.15, 0.2) is 36.4 Å². The van der Waals surface area contributed by atoms with Gasteiger partial charge in [-0.25, -0.2) is 0 Å². The van der Waals surface area contributed by atoms with Crippen LogP contribution in [0.25, 0.3) is 6.08 Å². The van der Waals surface area contributed by atoms with E-state index in [1.54, 1.807) is 6.08 Å². The van der Waals surface area contributed by atoms with Crippen LogP contribution in [0.3, 0.4) is 0 Å². The summed E-state index contributed by atoms with van der Waals surface area (Å²) in [4.78, 5) is 11.6. The van der Waals surface area contributed by atoms with Crippen LogP contribution in [0.4, 0.5) is 0 Å². The molecule has 0 amide bonds. The van der Waals surface area contributed by atoms with Crippen molar-refractivity contribution in [1.82, 2.24) is 0 Å². The molecular weight excluding hydrogens is 198 g/mol. The molecule has 0 saturated heterocycles. The van der Waals surface area contributed by atoms with Crippen molar-refractivity contribution in [2.24, 2.45) is 0 Å². The van der Waals surface area contributed by atoms with Crippen LogP contribution in [-0.4, -0.2) is 38.0 Å². The molecule has 0 radical (unpaired) electrons. The predicted octanol–water partition coefficient (Wildman–Crippen LogP) is 2.37. The largest absolute Gasteiger partial charge is 0.331 e. The first-order valence-corrected chi connectivity index (χ1v) is 5.54. The summed E-state index contributed by atoms with van der Waals surface area (Å²) >= 11 is 0. The number of rotatable bonds is 5. The van der Waals surface area contributed by atoms with Crippen LogP contribution in [0, 0.1) is 0 Å². The number of quaternary nitrogens is 1. The Morgan fingerprint density at radius 3 is 2.38 bits per heavy atom. The molecule has 0 aliphatic rings. The molecule has 0 fully saturated rings. The normalized spacial score (nSPS) is 11.9. The van der Waals surface area contributed by atoms with Crippen molar-refractivity contribution >= 4 is 11.9 Å². The Labute approximate surface area is 97.8 Å². The van der Waals surface area contributed by atoms with Gasteiger partial charge in [0.15, 0.2) is 5.78 Å². The second-order valence-electron chi connectivity index (χ2n) is 4.97. The molecule has 0 atom stereocenters. The Morgan fingerprint density at radius 2 is 1.81 bits per heavy atom. The fraction of sp³-hybridized carbons (Fsp3) is 0.357. The van der Waals surface area contributed by atoms with Gasteiger partial charge in [0, 0.05) is 0 Å². The molecule has 1 aromatic carbocycles. The molecule has 0 N–H and O–H groups in total. The van der Waals surface area contributed by atoms with E-state index in [1.807, 2.05) is 36.4 Å². The highest BCUT2D eigenvalue weighted by atomic mass is 16.1. The first-order chi connectivity index (χ1) is 7.47. The third-order valence-corrected chi connectivity index (χ3v) is 2.29. The van der Waals surface area contributed by atoms with Crippen LogP contribution >= 0.6 is 0 Å². The maximum Gasteiger partial charge on any atom is 0.161 e. The maximum atomic E-state index is 11.6. The second-order valence-corrected chi connectivity index (χ2v) is 4.97. The summed E-state index contributed by atoms with van der Waals surface area (Å²) < 4.78 is 0.824. The molecule has 0 spiro atoms. The number of benzene rings is 1. The van der Waals surface area contributed by atoms with E-state index >= 15 is 0 Å². The van der Waals surface area contributed by atoms with Gasteiger partial charge < -0.3 is 4.48 Å². The zero-order valence-electron chi connectivity index (χ0n) is 10.3. The highest BCUT2D eigenvalue weighted by Crippen LogP contribution is 2.02. The minimum absolute atomic E-state index is 0.192. The van der Waals surface area contributed by atoms with E-state index in [1.165, 1.54) is 0 Å². The molecule has 1 rings (SSSR count). The fourth-order valence-corrected chi connectivity index (χ4v) is 1.28. The Hall–Kier alpha value is -1.41. The van der Waals surface area contributed by atoms with Crippen LogP contribution in [0.5, 0.6) is 0 Å². The number of ketones is 1. The monoisotopic (exact) mass is 218 g/mol. The van der Waals surface area contributed by atoms with Crippen molar-refractivity contribution in [1.29, 1.82) is 0 Å². The van der Waals surface area contributed by atoms with Gasteiger partial charge in [-0.2, -0.15) is 0 Å². The molecule has 2 nitrogen and oxygen atoms in total. The summed E-state index contributed by atoms with van der Waals surface area (Å²) in [5.74, 6) is 0.192. The topological polar surface area (TPSA) is 17.1 Å². The van der Waals surface area contributed by atoms with Crippen molar-refractivity contribution in [2.45, 2.75) is 6.42 Å². The molecular formula is C14H20NO+. The Morgan fingerprint density at radius 1 is 1.19 bits per heavy atom. The first-order valence-electron chi connectivity index (χ1n) is 5.54. The van der Waals surface area contributed by atoms with Crippen molar-refractivity contribution in [3.8, 4) is 0 Å². The first kappa shape index (κ1) is 12.7. The lowest BCUT2D eigenvalue weighted by molar-refractivity contribution is -0.869. The summed E-state index contributed by atoms with van der Waals surface area (Å²) in [6, 6.07) is 9.88. The van der Waals surface area contributed by atoms with E-state index in [0.29, 0.717) is 6.42 Å². The Bertz CT molecular complexity index is 360. The van der Waals surface area contributed by atoms with Gasteiger partial charge in [-0.15, -0.1) is 0 Å². The second kappa shape index (κ2) is 5.61. The van der Waals surface area contributed by atoms with Gasteiger partial charge in [0.1, 0.15) is 0 Å². The lowest BCUT2D eigenvalue weighted by atomic mass is 10.1. The molecule has 16 heavy (non-hydrogen) atoms. The Kier molecular flexibility index (Phi) is 4.44. The predicted molar refractivity (Wildman–Crippen MR) is 68.0 cm³/mol. The standard InChI is InChI=1S/C14H20NO/c1-15(2,3)12-11-14(16)10-9-13-7-5-4-6-8-13/h4-10H,11-12H2,1-3H3/q+1/b10-9+. The number of nitrogens with zero attached hydrogens (tertiary/aromatic N) is 1. The highest BCUT2D eigenvalue weighted by Gasteiger charge is 2.08. The Balaban J connectivity index is 2.43. The lowest BCUT2D eigenvalue weighted by Crippen LogP contribution is -2.36. The van der Waals surface area contributed by atoms with Gasteiger partial charge >= 0.3 is 0 Å². The average molecular weight is 218 g/mol. The quantitative estimate of drug-likeness (QED) is 0.548. The molecule has 0 aliphatic heterocycles. The van der Waals surface area contributed by atoms with E-state index in [4.69, 9.17) is 0 Å². The summed E-state index contributed by atoms with van der Waals surface area (Å²) in [6.07, 6.45) is 4.15. The molecule has 1 aromatic rings. The third kappa shape index (κ3) is 5.47. The van der Waals surface area contributed by atoms with E-state index < -0.39 is 0 Å². The molecule has 0 unspecified atom stereocenters. The smallest absolute Gasteiger partial charge is 0.161 e.